The van der Waals surface area contributed by atoms with Crippen LogP contribution in [0.5, 0.6) is 0 Å². The van der Waals surface area contributed by atoms with Gasteiger partial charge in [0, 0.05) is 39.3 Å². The second-order valence-corrected chi connectivity index (χ2v) is 6.27. The second-order valence-electron chi connectivity index (χ2n) is 6.27. The molecule has 2 rings (SSSR count). The molecule has 0 atom stereocenters. The summed E-state index contributed by atoms with van der Waals surface area (Å²) in [7, 11) is 3.85. The summed E-state index contributed by atoms with van der Waals surface area (Å²) in [6.45, 7) is 4.19. The van der Waals surface area contributed by atoms with Crippen molar-refractivity contribution in [2.24, 2.45) is 12.0 Å². The van der Waals surface area contributed by atoms with Gasteiger partial charge < -0.3 is 10.2 Å². The number of nitrogens with one attached hydrogen (secondary N) is 1. The van der Waals surface area contributed by atoms with Crippen LogP contribution in [0.3, 0.4) is 0 Å². The third-order valence-corrected chi connectivity index (χ3v) is 4.16. The van der Waals surface area contributed by atoms with Crippen molar-refractivity contribution in [1.29, 1.82) is 0 Å². The summed E-state index contributed by atoms with van der Waals surface area (Å²) >= 11 is 0. The first-order valence-electron chi connectivity index (χ1n) is 9.07. The van der Waals surface area contributed by atoms with Crippen LogP contribution in [0.1, 0.15) is 31.2 Å². The van der Waals surface area contributed by atoms with Crippen LogP contribution in [-0.2, 0) is 20.0 Å². The number of benzene rings is 1. The number of nitro groups is 1. The van der Waals surface area contributed by atoms with E-state index in [1.54, 1.807) is 23.1 Å². The number of rotatable bonds is 9. The van der Waals surface area contributed by atoms with Crippen molar-refractivity contribution in [2.45, 2.75) is 32.7 Å². The minimum Gasteiger partial charge on any atom is -0.357 e. The zero-order valence-corrected chi connectivity index (χ0v) is 16.1. The maximum absolute atomic E-state index is 10.7. The molecule has 0 fully saturated rings. The Labute approximate surface area is 159 Å². The Morgan fingerprint density at radius 3 is 2.67 bits per heavy atom. The number of guanidine groups is 1. The molecule has 1 heterocycles. The van der Waals surface area contributed by atoms with Gasteiger partial charge in [-0.3, -0.25) is 19.8 Å². The van der Waals surface area contributed by atoms with Gasteiger partial charge in [0.15, 0.2) is 5.96 Å². The van der Waals surface area contributed by atoms with Crippen LogP contribution in [0.15, 0.2) is 35.6 Å². The van der Waals surface area contributed by atoms with E-state index in [9.17, 15) is 10.1 Å². The molecule has 9 nitrogen and oxygen atoms in total. The van der Waals surface area contributed by atoms with Gasteiger partial charge in [-0.05, 0) is 31.7 Å². The van der Waals surface area contributed by atoms with Crippen LogP contribution in [0.25, 0.3) is 0 Å². The number of hydrogen-bond donors (Lipinski definition) is 1. The predicted octanol–water partition coefficient (Wildman–Crippen LogP) is 2.14. The van der Waals surface area contributed by atoms with Gasteiger partial charge in [-0.25, -0.2) is 4.98 Å². The van der Waals surface area contributed by atoms with E-state index in [2.05, 4.69) is 20.4 Å². The fraction of sp³-hybridized carbons (Fsp3) is 0.500. The first-order chi connectivity index (χ1) is 13.0. The fourth-order valence-electron chi connectivity index (χ4n) is 2.63. The van der Waals surface area contributed by atoms with Gasteiger partial charge in [0.2, 0.25) is 0 Å². The van der Waals surface area contributed by atoms with Gasteiger partial charge in [0.05, 0.1) is 11.5 Å². The molecule has 1 aromatic heterocycles. The maximum Gasteiger partial charge on any atom is 0.269 e. The van der Waals surface area contributed by atoms with E-state index >= 15 is 0 Å². The van der Waals surface area contributed by atoms with Crippen LogP contribution in [0.2, 0.25) is 0 Å². The van der Waals surface area contributed by atoms with Crippen molar-refractivity contribution in [3.8, 4) is 0 Å². The largest absolute Gasteiger partial charge is 0.357 e. The van der Waals surface area contributed by atoms with Crippen LogP contribution >= 0.6 is 0 Å². The number of unbranched alkanes of at least 4 members (excludes halogenated alkanes) is 1. The molecule has 0 aliphatic carbocycles. The molecule has 0 bridgehead atoms. The third kappa shape index (κ3) is 6.36. The molecule has 9 heteroatoms. The maximum atomic E-state index is 10.7. The molecule has 0 saturated carbocycles. The number of non-ortho nitro benzene ring substituents is 1. The molecule has 1 aromatic carbocycles. The molecule has 0 aliphatic heterocycles. The topological polar surface area (TPSA) is 101 Å². The van der Waals surface area contributed by atoms with Crippen LogP contribution in [0, 0.1) is 10.1 Å². The van der Waals surface area contributed by atoms with E-state index < -0.39 is 0 Å². The fourth-order valence-corrected chi connectivity index (χ4v) is 2.63. The van der Waals surface area contributed by atoms with Crippen molar-refractivity contribution in [3.05, 3.63) is 52.1 Å². The minimum atomic E-state index is -0.377. The summed E-state index contributed by atoms with van der Waals surface area (Å²) in [5.74, 6) is 1.72. The number of aryl methyl sites for hydroxylation is 2. The Hall–Kier alpha value is -2.97. The Bertz CT molecular complexity index is 755. The number of nitro benzene ring substituents is 1. The molecular weight excluding hydrogens is 346 g/mol. The summed E-state index contributed by atoms with van der Waals surface area (Å²) in [5.41, 5.74) is 1.24. The Morgan fingerprint density at radius 1 is 1.33 bits per heavy atom. The van der Waals surface area contributed by atoms with Crippen molar-refractivity contribution >= 4 is 11.6 Å². The Balaban J connectivity index is 1.80. The molecule has 0 amide bonds. The summed E-state index contributed by atoms with van der Waals surface area (Å²) in [5, 5.41) is 18.1. The molecule has 0 radical (unpaired) electrons. The van der Waals surface area contributed by atoms with Crippen LogP contribution in [-0.4, -0.2) is 50.7 Å². The molecule has 146 valence electrons. The highest BCUT2D eigenvalue weighted by Crippen LogP contribution is 2.13. The molecule has 0 spiro atoms. The Kier molecular flexibility index (Phi) is 7.72. The van der Waals surface area contributed by atoms with E-state index in [0.29, 0.717) is 6.54 Å². The second kappa shape index (κ2) is 10.2. The van der Waals surface area contributed by atoms with Crippen LogP contribution in [0.4, 0.5) is 5.69 Å². The smallest absolute Gasteiger partial charge is 0.269 e. The third-order valence-electron chi connectivity index (χ3n) is 4.16. The summed E-state index contributed by atoms with van der Waals surface area (Å²) in [4.78, 5) is 21.2. The van der Waals surface area contributed by atoms with Crippen molar-refractivity contribution in [2.75, 3.05) is 20.1 Å². The zero-order valence-electron chi connectivity index (χ0n) is 16.1. The van der Waals surface area contributed by atoms with E-state index in [-0.39, 0.29) is 10.6 Å². The van der Waals surface area contributed by atoms with Crippen molar-refractivity contribution in [1.82, 2.24) is 25.0 Å². The van der Waals surface area contributed by atoms with Gasteiger partial charge in [-0.1, -0.05) is 12.1 Å². The summed E-state index contributed by atoms with van der Waals surface area (Å²) in [6.07, 6.45) is 4.36. The highest BCUT2D eigenvalue weighted by atomic mass is 16.6. The lowest BCUT2D eigenvalue weighted by Gasteiger charge is -2.21. The standard InChI is InChI=1S/C18H27N7O2/c1-4-19-18(23(2)13-17-21-14-22-24(17)3)20-12-6-5-7-15-8-10-16(11-9-15)25(26)27/h8-11,14H,4-7,12-13H2,1-3H3,(H,19,20). The normalized spacial score (nSPS) is 11.4. The quantitative estimate of drug-likeness (QED) is 0.238. The van der Waals surface area contributed by atoms with E-state index in [1.807, 2.05) is 38.1 Å². The number of nitrogens with zero attached hydrogens (tertiary/aromatic N) is 6. The summed E-state index contributed by atoms with van der Waals surface area (Å²) in [6, 6.07) is 6.75. The highest BCUT2D eigenvalue weighted by molar-refractivity contribution is 5.79. The van der Waals surface area contributed by atoms with E-state index in [1.165, 1.54) is 0 Å². The minimum absolute atomic E-state index is 0.129. The lowest BCUT2D eigenvalue weighted by Crippen LogP contribution is -2.39. The first-order valence-corrected chi connectivity index (χ1v) is 9.07. The van der Waals surface area contributed by atoms with Gasteiger partial charge in [-0.2, -0.15) is 5.10 Å². The molecular formula is C18H27N7O2. The van der Waals surface area contributed by atoms with Gasteiger partial charge >= 0.3 is 0 Å². The number of hydrogen-bond acceptors (Lipinski definition) is 5. The monoisotopic (exact) mass is 373 g/mol. The molecule has 0 aliphatic rings. The SMILES string of the molecule is CCNC(=NCCCCc1ccc([N+](=O)[O-])cc1)N(C)Cc1ncnn1C. The van der Waals surface area contributed by atoms with Gasteiger partial charge in [0.25, 0.3) is 5.69 Å². The van der Waals surface area contributed by atoms with Gasteiger partial charge in [0.1, 0.15) is 12.2 Å². The molecule has 2 aromatic rings. The average molecular weight is 373 g/mol. The van der Waals surface area contributed by atoms with E-state index in [4.69, 9.17) is 0 Å². The van der Waals surface area contributed by atoms with E-state index in [0.717, 1.165) is 49.7 Å². The summed E-state index contributed by atoms with van der Waals surface area (Å²) < 4.78 is 1.75. The van der Waals surface area contributed by atoms with Gasteiger partial charge in [-0.15, -0.1) is 0 Å². The number of aromatic nitrogens is 3. The highest BCUT2D eigenvalue weighted by Gasteiger charge is 2.09. The molecule has 0 saturated heterocycles. The number of aliphatic imine (C=N–C) groups is 1. The van der Waals surface area contributed by atoms with Crippen LogP contribution < -0.4 is 5.32 Å². The zero-order chi connectivity index (χ0) is 19.6. The molecule has 0 unspecified atom stereocenters. The van der Waals surface area contributed by atoms with Crippen molar-refractivity contribution in [3.63, 3.8) is 0 Å². The lowest BCUT2D eigenvalue weighted by atomic mass is 10.1. The predicted molar refractivity (Wildman–Crippen MR) is 104 cm³/mol. The molecule has 1 N–H and O–H groups in total. The van der Waals surface area contributed by atoms with Crippen molar-refractivity contribution < 1.29 is 4.92 Å². The lowest BCUT2D eigenvalue weighted by molar-refractivity contribution is -0.384. The average Bonchev–Trinajstić information content (AvgIpc) is 3.05. The molecule has 27 heavy (non-hydrogen) atoms. The Morgan fingerprint density at radius 2 is 2.07 bits per heavy atom. The first kappa shape index (κ1) is 20.3.